The van der Waals surface area contributed by atoms with Crippen LogP contribution < -0.4 is 0 Å². The fourth-order valence-electron chi connectivity index (χ4n) is 3.02. The van der Waals surface area contributed by atoms with E-state index in [-0.39, 0.29) is 11.4 Å². The van der Waals surface area contributed by atoms with E-state index < -0.39 is 0 Å². The zero-order valence-electron chi connectivity index (χ0n) is 14.0. The maximum absolute atomic E-state index is 12.6. The predicted molar refractivity (Wildman–Crippen MR) is 87.6 cm³/mol. The van der Waals surface area contributed by atoms with Gasteiger partial charge in [-0.2, -0.15) is 0 Å². The number of aryl methyl sites for hydroxylation is 1. The Morgan fingerprint density at radius 1 is 1.19 bits per heavy atom. The van der Waals surface area contributed by atoms with Gasteiger partial charge in [0.1, 0.15) is 0 Å². The minimum absolute atomic E-state index is 0.0445. The molecule has 0 aliphatic carbocycles. The van der Waals surface area contributed by atoms with Crippen LogP contribution in [0, 0.1) is 12.8 Å². The van der Waals surface area contributed by atoms with Gasteiger partial charge in [0.2, 0.25) is 0 Å². The molecule has 0 spiro atoms. The molecule has 1 aliphatic rings. The van der Waals surface area contributed by atoms with Crippen molar-refractivity contribution in [1.29, 1.82) is 0 Å². The number of hydrogen-bond donors (Lipinski definition) is 0. The zero-order valence-corrected chi connectivity index (χ0v) is 14.0. The highest BCUT2D eigenvalue weighted by atomic mass is 16.2. The minimum Gasteiger partial charge on any atom is -0.336 e. The Labute approximate surface area is 128 Å². The van der Waals surface area contributed by atoms with Crippen molar-refractivity contribution in [3.8, 4) is 0 Å². The lowest BCUT2D eigenvalue weighted by Crippen LogP contribution is -2.61. The van der Waals surface area contributed by atoms with Crippen molar-refractivity contribution in [3.63, 3.8) is 0 Å². The maximum atomic E-state index is 12.6. The molecule has 116 valence electrons. The van der Waals surface area contributed by atoms with E-state index >= 15 is 0 Å². The first-order chi connectivity index (χ1) is 9.79. The van der Waals surface area contributed by atoms with Crippen molar-refractivity contribution in [2.45, 2.75) is 40.2 Å². The molecular formula is C18H28N2O. The molecule has 0 saturated carbocycles. The Kier molecular flexibility index (Phi) is 4.72. The number of rotatable bonds is 3. The maximum Gasteiger partial charge on any atom is 0.253 e. The van der Waals surface area contributed by atoms with Crippen molar-refractivity contribution >= 4 is 5.91 Å². The van der Waals surface area contributed by atoms with Gasteiger partial charge in [0, 0.05) is 37.3 Å². The highest BCUT2D eigenvalue weighted by Crippen LogP contribution is 2.23. The van der Waals surface area contributed by atoms with Crippen LogP contribution in [0.5, 0.6) is 0 Å². The SMILES string of the molecule is Cc1ccc(C(=O)N2CCN(CC(C)C)C(C)(C)C2)cc1. The molecule has 3 heteroatoms. The average molecular weight is 288 g/mol. The monoisotopic (exact) mass is 288 g/mol. The van der Waals surface area contributed by atoms with Gasteiger partial charge in [0.05, 0.1) is 0 Å². The third kappa shape index (κ3) is 3.85. The third-order valence-corrected chi connectivity index (χ3v) is 4.24. The first-order valence-electron chi connectivity index (χ1n) is 7.90. The van der Waals surface area contributed by atoms with Crippen molar-refractivity contribution in [3.05, 3.63) is 35.4 Å². The van der Waals surface area contributed by atoms with Gasteiger partial charge in [-0.3, -0.25) is 9.69 Å². The van der Waals surface area contributed by atoms with Gasteiger partial charge in [-0.25, -0.2) is 0 Å². The standard InChI is InChI=1S/C18H28N2O/c1-14(2)12-20-11-10-19(13-18(20,4)5)17(21)16-8-6-15(3)7-9-16/h6-9,14H,10-13H2,1-5H3. The highest BCUT2D eigenvalue weighted by Gasteiger charge is 2.35. The summed E-state index contributed by atoms with van der Waals surface area (Å²) in [7, 11) is 0. The van der Waals surface area contributed by atoms with Crippen molar-refractivity contribution in [2.24, 2.45) is 5.92 Å². The number of piperazine rings is 1. The Bertz CT molecular complexity index is 490. The lowest BCUT2D eigenvalue weighted by Gasteiger charge is -2.47. The van der Waals surface area contributed by atoms with Crippen LogP contribution in [0.2, 0.25) is 0 Å². The lowest BCUT2D eigenvalue weighted by molar-refractivity contribution is 0.0127. The zero-order chi connectivity index (χ0) is 15.6. The Hall–Kier alpha value is -1.35. The molecule has 1 saturated heterocycles. The first-order valence-corrected chi connectivity index (χ1v) is 7.90. The molecule has 0 bridgehead atoms. The molecular weight excluding hydrogens is 260 g/mol. The molecule has 0 N–H and O–H groups in total. The summed E-state index contributed by atoms with van der Waals surface area (Å²) in [4.78, 5) is 17.1. The molecule has 0 aromatic heterocycles. The number of hydrogen-bond acceptors (Lipinski definition) is 2. The molecule has 0 unspecified atom stereocenters. The second-order valence-electron chi connectivity index (χ2n) is 7.25. The molecule has 1 fully saturated rings. The first kappa shape index (κ1) is 16.0. The van der Waals surface area contributed by atoms with E-state index in [1.807, 2.05) is 36.1 Å². The van der Waals surface area contributed by atoms with E-state index in [1.54, 1.807) is 0 Å². The number of carbonyl (C=O) groups is 1. The molecule has 21 heavy (non-hydrogen) atoms. The van der Waals surface area contributed by atoms with Gasteiger partial charge < -0.3 is 4.90 Å². The normalized spacial score (nSPS) is 19.0. The summed E-state index contributed by atoms with van der Waals surface area (Å²) >= 11 is 0. The Morgan fingerprint density at radius 2 is 1.81 bits per heavy atom. The molecule has 2 rings (SSSR count). The third-order valence-electron chi connectivity index (χ3n) is 4.24. The van der Waals surface area contributed by atoms with Gasteiger partial charge in [-0.05, 0) is 38.8 Å². The molecule has 3 nitrogen and oxygen atoms in total. The van der Waals surface area contributed by atoms with Gasteiger partial charge in [-0.1, -0.05) is 31.5 Å². The van der Waals surface area contributed by atoms with E-state index in [0.29, 0.717) is 5.92 Å². The number of nitrogens with zero attached hydrogens (tertiary/aromatic N) is 2. The second kappa shape index (κ2) is 6.18. The minimum atomic E-state index is 0.0445. The topological polar surface area (TPSA) is 23.6 Å². The van der Waals surface area contributed by atoms with Gasteiger partial charge in [0.25, 0.3) is 5.91 Å². The summed E-state index contributed by atoms with van der Waals surface area (Å²) < 4.78 is 0. The number of benzene rings is 1. The fourth-order valence-corrected chi connectivity index (χ4v) is 3.02. The van der Waals surface area contributed by atoms with Crippen LogP contribution in [0.4, 0.5) is 0 Å². The van der Waals surface area contributed by atoms with E-state index in [1.165, 1.54) is 5.56 Å². The summed E-state index contributed by atoms with van der Waals surface area (Å²) in [6, 6.07) is 7.89. The Morgan fingerprint density at radius 3 is 2.33 bits per heavy atom. The largest absolute Gasteiger partial charge is 0.336 e. The Balaban J connectivity index is 2.07. The van der Waals surface area contributed by atoms with E-state index in [4.69, 9.17) is 0 Å². The van der Waals surface area contributed by atoms with Crippen molar-refractivity contribution < 1.29 is 4.79 Å². The predicted octanol–water partition coefficient (Wildman–Crippen LogP) is 3.19. The summed E-state index contributed by atoms with van der Waals surface area (Å²) in [5.74, 6) is 0.816. The van der Waals surface area contributed by atoms with Crippen LogP contribution in [0.25, 0.3) is 0 Å². The van der Waals surface area contributed by atoms with Crippen molar-refractivity contribution in [2.75, 3.05) is 26.2 Å². The van der Waals surface area contributed by atoms with Crippen LogP contribution in [0.3, 0.4) is 0 Å². The summed E-state index contributed by atoms with van der Waals surface area (Å²) in [6.45, 7) is 14.7. The molecule has 1 aliphatic heterocycles. The smallest absolute Gasteiger partial charge is 0.253 e. The van der Waals surface area contributed by atoms with Crippen LogP contribution in [0.15, 0.2) is 24.3 Å². The van der Waals surface area contributed by atoms with Crippen LogP contribution in [-0.2, 0) is 0 Å². The molecule has 1 aromatic rings. The van der Waals surface area contributed by atoms with E-state index in [9.17, 15) is 4.79 Å². The van der Waals surface area contributed by atoms with Crippen LogP contribution in [0.1, 0.15) is 43.6 Å². The second-order valence-corrected chi connectivity index (χ2v) is 7.25. The van der Waals surface area contributed by atoms with E-state index in [0.717, 1.165) is 31.7 Å². The lowest BCUT2D eigenvalue weighted by atomic mass is 9.96. The summed E-state index contributed by atoms with van der Waals surface area (Å²) in [6.07, 6.45) is 0. The van der Waals surface area contributed by atoms with Crippen LogP contribution in [-0.4, -0.2) is 47.4 Å². The molecule has 0 atom stereocenters. The van der Waals surface area contributed by atoms with Crippen LogP contribution >= 0.6 is 0 Å². The summed E-state index contributed by atoms with van der Waals surface area (Å²) in [5.41, 5.74) is 2.03. The average Bonchev–Trinajstić information content (AvgIpc) is 2.40. The fraction of sp³-hybridized carbons (Fsp3) is 0.611. The quantitative estimate of drug-likeness (QED) is 0.853. The van der Waals surface area contributed by atoms with E-state index in [2.05, 4.69) is 32.6 Å². The summed E-state index contributed by atoms with van der Waals surface area (Å²) in [5, 5.41) is 0. The van der Waals surface area contributed by atoms with Crippen molar-refractivity contribution in [1.82, 2.24) is 9.80 Å². The molecule has 1 amide bonds. The van der Waals surface area contributed by atoms with Gasteiger partial charge in [0.15, 0.2) is 0 Å². The highest BCUT2D eigenvalue weighted by molar-refractivity contribution is 5.94. The van der Waals surface area contributed by atoms with Gasteiger partial charge in [-0.15, -0.1) is 0 Å². The van der Waals surface area contributed by atoms with Gasteiger partial charge >= 0.3 is 0 Å². The molecule has 1 aromatic carbocycles. The molecule has 0 radical (unpaired) electrons. The molecule has 1 heterocycles. The number of carbonyl (C=O) groups excluding carboxylic acids is 1. The number of amides is 1.